The SMILES string of the molecule is Cc1c(C(=O)NC2CC(C)CCC2C(C)C)cnn1-c1ccc(=O)[nH]n1. The van der Waals surface area contributed by atoms with E-state index in [0.29, 0.717) is 34.8 Å². The molecule has 2 aromatic rings. The first-order chi connectivity index (χ1) is 12.4. The summed E-state index contributed by atoms with van der Waals surface area (Å²) in [6, 6.07) is 3.16. The van der Waals surface area contributed by atoms with Crippen LogP contribution in [-0.4, -0.2) is 31.9 Å². The van der Waals surface area contributed by atoms with Crippen molar-refractivity contribution in [2.24, 2.45) is 17.8 Å². The number of nitrogens with zero attached hydrogens (tertiary/aromatic N) is 3. The lowest BCUT2D eigenvalue weighted by Crippen LogP contribution is -2.45. The Hall–Kier alpha value is -2.44. The van der Waals surface area contributed by atoms with Crippen molar-refractivity contribution in [3.63, 3.8) is 0 Å². The fourth-order valence-electron chi connectivity index (χ4n) is 3.93. The number of hydrogen-bond donors (Lipinski definition) is 2. The molecule has 0 saturated heterocycles. The molecule has 3 rings (SSSR count). The minimum absolute atomic E-state index is 0.0945. The van der Waals surface area contributed by atoms with Crippen LogP contribution < -0.4 is 10.9 Å². The lowest BCUT2D eigenvalue weighted by molar-refractivity contribution is 0.0867. The van der Waals surface area contributed by atoms with Gasteiger partial charge in [-0.15, -0.1) is 0 Å². The van der Waals surface area contributed by atoms with Crippen LogP contribution in [0.15, 0.2) is 23.1 Å². The zero-order valence-electron chi connectivity index (χ0n) is 15.8. The van der Waals surface area contributed by atoms with Gasteiger partial charge in [-0.3, -0.25) is 9.59 Å². The van der Waals surface area contributed by atoms with Gasteiger partial charge in [-0.2, -0.15) is 10.2 Å². The van der Waals surface area contributed by atoms with E-state index in [1.807, 2.05) is 6.92 Å². The Morgan fingerprint density at radius 3 is 2.77 bits per heavy atom. The van der Waals surface area contributed by atoms with E-state index in [2.05, 4.69) is 41.4 Å². The van der Waals surface area contributed by atoms with E-state index >= 15 is 0 Å². The highest BCUT2D eigenvalue weighted by Crippen LogP contribution is 2.33. The summed E-state index contributed by atoms with van der Waals surface area (Å²) in [7, 11) is 0. The zero-order valence-corrected chi connectivity index (χ0v) is 15.8. The summed E-state index contributed by atoms with van der Waals surface area (Å²) in [5.74, 6) is 2.06. The van der Waals surface area contributed by atoms with Crippen LogP contribution in [0.5, 0.6) is 0 Å². The molecule has 7 heteroatoms. The van der Waals surface area contributed by atoms with Crippen LogP contribution in [0, 0.1) is 24.7 Å². The Morgan fingerprint density at radius 1 is 1.35 bits per heavy atom. The van der Waals surface area contributed by atoms with Crippen LogP contribution in [0.2, 0.25) is 0 Å². The van der Waals surface area contributed by atoms with Crippen LogP contribution in [0.3, 0.4) is 0 Å². The number of rotatable bonds is 4. The summed E-state index contributed by atoms with van der Waals surface area (Å²) < 4.78 is 1.56. The van der Waals surface area contributed by atoms with Crippen molar-refractivity contribution in [3.8, 4) is 5.82 Å². The summed E-state index contributed by atoms with van der Waals surface area (Å²) in [6.07, 6.45) is 4.96. The van der Waals surface area contributed by atoms with Crippen molar-refractivity contribution in [1.29, 1.82) is 0 Å². The lowest BCUT2D eigenvalue weighted by Gasteiger charge is -2.37. The molecule has 1 amide bonds. The highest BCUT2D eigenvalue weighted by Gasteiger charge is 2.32. The van der Waals surface area contributed by atoms with Crippen LogP contribution in [0.25, 0.3) is 5.82 Å². The fraction of sp³-hybridized carbons (Fsp3) is 0.579. The quantitative estimate of drug-likeness (QED) is 0.879. The number of aromatic nitrogens is 4. The van der Waals surface area contributed by atoms with Crippen molar-refractivity contribution < 1.29 is 4.79 Å². The number of nitrogens with one attached hydrogen (secondary N) is 2. The number of H-pyrrole nitrogens is 1. The van der Waals surface area contributed by atoms with Gasteiger partial charge in [-0.05, 0) is 43.6 Å². The molecular formula is C19H27N5O2. The third-order valence-electron chi connectivity index (χ3n) is 5.47. The Kier molecular flexibility index (Phi) is 5.25. The average molecular weight is 357 g/mol. The van der Waals surface area contributed by atoms with E-state index in [9.17, 15) is 9.59 Å². The maximum atomic E-state index is 12.9. The summed E-state index contributed by atoms with van der Waals surface area (Å²) in [6.45, 7) is 8.54. The van der Waals surface area contributed by atoms with Gasteiger partial charge < -0.3 is 5.32 Å². The maximum absolute atomic E-state index is 12.9. The molecular weight excluding hydrogens is 330 g/mol. The van der Waals surface area contributed by atoms with E-state index < -0.39 is 0 Å². The second kappa shape index (κ2) is 7.43. The molecule has 0 aromatic carbocycles. The fourth-order valence-corrected chi connectivity index (χ4v) is 3.93. The predicted octanol–water partition coefficient (Wildman–Crippen LogP) is 2.45. The van der Waals surface area contributed by atoms with Crippen LogP contribution in [0.4, 0.5) is 0 Å². The Morgan fingerprint density at radius 2 is 2.12 bits per heavy atom. The van der Waals surface area contributed by atoms with Crippen molar-refractivity contribution in [3.05, 3.63) is 39.9 Å². The number of hydrogen-bond acceptors (Lipinski definition) is 4. The normalized spacial score (nSPS) is 23.2. The lowest BCUT2D eigenvalue weighted by atomic mass is 9.74. The molecule has 0 spiro atoms. The largest absolute Gasteiger partial charge is 0.349 e. The Balaban J connectivity index is 1.79. The Bertz CT molecular complexity index is 818. The molecule has 3 unspecified atom stereocenters. The van der Waals surface area contributed by atoms with E-state index in [1.54, 1.807) is 16.9 Å². The maximum Gasteiger partial charge on any atom is 0.264 e. The van der Waals surface area contributed by atoms with Crippen molar-refractivity contribution in [1.82, 2.24) is 25.3 Å². The van der Waals surface area contributed by atoms with Gasteiger partial charge in [0.2, 0.25) is 0 Å². The van der Waals surface area contributed by atoms with Gasteiger partial charge in [-0.25, -0.2) is 9.78 Å². The van der Waals surface area contributed by atoms with Crippen LogP contribution >= 0.6 is 0 Å². The number of aromatic amines is 1. The molecule has 1 fully saturated rings. The van der Waals surface area contributed by atoms with Gasteiger partial charge in [0.1, 0.15) is 0 Å². The monoisotopic (exact) mass is 357 g/mol. The molecule has 0 bridgehead atoms. The molecule has 1 aliphatic carbocycles. The number of carbonyl (C=O) groups is 1. The molecule has 26 heavy (non-hydrogen) atoms. The zero-order chi connectivity index (χ0) is 18.8. The van der Waals surface area contributed by atoms with E-state index in [-0.39, 0.29) is 17.5 Å². The van der Waals surface area contributed by atoms with Crippen LogP contribution in [0.1, 0.15) is 56.1 Å². The molecule has 3 atom stereocenters. The standard InChI is InChI=1S/C19H27N5O2/c1-11(2)14-6-5-12(3)9-16(14)21-19(26)15-10-20-24(13(15)4)17-7-8-18(25)23-22-17/h7-8,10-12,14,16H,5-6,9H2,1-4H3,(H,21,26)(H,23,25). The molecule has 1 aliphatic rings. The molecule has 7 nitrogen and oxygen atoms in total. The molecule has 2 N–H and O–H groups in total. The van der Waals surface area contributed by atoms with E-state index in [0.717, 1.165) is 12.8 Å². The van der Waals surface area contributed by atoms with Gasteiger partial charge in [0.05, 0.1) is 17.5 Å². The average Bonchev–Trinajstić information content (AvgIpc) is 2.97. The first-order valence-corrected chi connectivity index (χ1v) is 9.28. The highest BCUT2D eigenvalue weighted by molar-refractivity contribution is 5.95. The smallest absolute Gasteiger partial charge is 0.264 e. The highest BCUT2D eigenvalue weighted by atomic mass is 16.1. The third-order valence-corrected chi connectivity index (χ3v) is 5.47. The molecule has 1 saturated carbocycles. The molecule has 0 aliphatic heterocycles. The first-order valence-electron chi connectivity index (χ1n) is 9.28. The van der Waals surface area contributed by atoms with E-state index in [4.69, 9.17) is 0 Å². The third kappa shape index (κ3) is 3.71. The van der Waals surface area contributed by atoms with Gasteiger partial charge in [0, 0.05) is 12.1 Å². The molecule has 2 heterocycles. The minimum Gasteiger partial charge on any atom is -0.349 e. The second-order valence-corrected chi connectivity index (χ2v) is 7.74. The van der Waals surface area contributed by atoms with Crippen molar-refractivity contribution >= 4 is 5.91 Å². The predicted molar refractivity (Wildman–Crippen MR) is 99.3 cm³/mol. The van der Waals surface area contributed by atoms with Crippen molar-refractivity contribution in [2.45, 2.75) is 53.0 Å². The second-order valence-electron chi connectivity index (χ2n) is 7.74. The van der Waals surface area contributed by atoms with Gasteiger partial charge >= 0.3 is 0 Å². The summed E-state index contributed by atoms with van der Waals surface area (Å²) in [5.41, 5.74) is 0.966. The van der Waals surface area contributed by atoms with Gasteiger partial charge in [-0.1, -0.05) is 27.2 Å². The van der Waals surface area contributed by atoms with Crippen LogP contribution in [-0.2, 0) is 0 Å². The topological polar surface area (TPSA) is 92.7 Å². The van der Waals surface area contributed by atoms with Crippen molar-refractivity contribution in [2.75, 3.05) is 0 Å². The number of amides is 1. The molecule has 2 aromatic heterocycles. The summed E-state index contributed by atoms with van der Waals surface area (Å²) in [4.78, 5) is 24.0. The Labute approximate surface area is 153 Å². The number of carbonyl (C=O) groups excluding carboxylic acids is 1. The minimum atomic E-state index is -0.275. The first kappa shape index (κ1) is 18.4. The summed E-state index contributed by atoms with van der Waals surface area (Å²) >= 11 is 0. The molecule has 140 valence electrons. The van der Waals surface area contributed by atoms with Gasteiger partial charge in [0.15, 0.2) is 5.82 Å². The van der Waals surface area contributed by atoms with E-state index in [1.165, 1.54) is 12.5 Å². The summed E-state index contributed by atoms with van der Waals surface area (Å²) in [5, 5.41) is 13.9. The van der Waals surface area contributed by atoms with Gasteiger partial charge in [0.25, 0.3) is 11.5 Å². The molecule has 0 radical (unpaired) electrons.